The second-order valence-corrected chi connectivity index (χ2v) is 2.13. The van der Waals surface area contributed by atoms with Gasteiger partial charge in [0.15, 0.2) is 0 Å². The highest BCUT2D eigenvalue weighted by atomic mass is 14.8. The van der Waals surface area contributed by atoms with Gasteiger partial charge < -0.3 is 5.32 Å². The quantitative estimate of drug-likeness (QED) is 0.470. The molecule has 0 aliphatic rings. The Hall–Kier alpha value is -0.920. The van der Waals surface area contributed by atoms with Crippen molar-refractivity contribution in [1.29, 1.82) is 0 Å². The molecule has 1 N–H and O–H groups in total. The number of hydrogen-bond donors (Lipinski definition) is 1. The molecule has 1 nitrogen and oxygen atoms in total. The summed E-state index contributed by atoms with van der Waals surface area (Å²) in [5.41, 5.74) is 0. The standard InChI is InChI=1S/C10H15N/c1-3-5-7-8-10-11-9-6-4-2/h11H,7-10H2,1-2H3. The molecule has 0 aliphatic heterocycles. The zero-order valence-corrected chi connectivity index (χ0v) is 7.33. The SMILES string of the molecule is CC#CCCCNCC#CC. The Morgan fingerprint density at radius 3 is 2.45 bits per heavy atom. The predicted molar refractivity (Wildman–Crippen MR) is 49.0 cm³/mol. The molecule has 0 aromatic carbocycles. The molecule has 0 spiro atoms. The van der Waals surface area contributed by atoms with Gasteiger partial charge in [-0.3, -0.25) is 0 Å². The molecule has 0 saturated heterocycles. The molecular formula is C10H15N. The molecule has 1 heteroatoms. The zero-order chi connectivity index (χ0) is 8.36. The van der Waals surface area contributed by atoms with Crippen LogP contribution in [0.15, 0.2) is 0 Å². The fraction of sp³-hybridized carbons (Fsp3) is 0.600. The van der Waals surface area contributed by atoms with Gasteiger partial charge in [0.05, 0.1) is 6.54 Å². The lowest BCUT2D eigenvalue weighted by Crippen LogP contribution is -2.14. The first kappa shape index (κ1) is 10.1. The summed E-state index contributed by atoms with van der Waals surface area (Å²) >= 11 is 0. The van der Waals surface area contributed by atoms with Crippen molar-refractivity contribution < 1.29 is 0 Å². The van der Waals surface area contributed by atoms with Crippen LogP contribution in [0.1, 0.15) is 26.7 Å². The Bertz CT molecular complexity index is 162. The molecule has 0 atom stereocenters. The van der Waals surface area contributed by atoms with Crippen LogP contribution in [0.3, 0.4) is 0 Å². The minimum Gasteiger partial charge on any atom is -0.306 e. The fourth-order valence-electron chi connectivity index (χ4n) is 0.666. The summed E-state index contributed by atoms with van der Waals surface area (Å²) in [6.45, 7) is 5.54. The number of unbranched alkanes of at least 4 members (excludes halogenated alkanes) is 1. The van der Waals surface area contributed by atoms with E-state index in [1.54, 1.807) is 0 Å². The lowest BCUT2D eigenvalue weighted by molar-refractivity contribution is 0.712. The maximum atomic E-state index is 3.20. The van der Waals surface area contributed by atoms with Crippen LogP contribution in [0.2, 0.25) is 0 Å². The minimum absolute atomic E-state index is 0.802. The van der Waals surface area contributed by atoms with Crippen molar-refractivity contribution in [2.24, 2.45) is 0 Å². The largest absolute Gasteiger partial charge is 0.306 e. The van der Waals surface area contributed by atoms with Crippen LogP contribution in [0, 0.1) is 23.7 Å². The summed E-state index contributed by atoms with van der Waals surface area (Å²) in [5, 5.41) is 3.20. The van der Waals surface area contributed by atoms with Gasteiger partial charge in [-0.15, -0.1) is 17.8 Å². The average molecular weight is 149 g/mol. The molecule has 0 radical (unpaired) electrons. The van der Waals surface area contributed by atoms with Gasteiger partial charge in [-0.25, -0.2) is 0 Å². The maximum absolute atomic E-state index is 3.20. The van der Waals surface area contributed by atoms with E-state index in [1.807, 2.05) is 13.8 Å². The molecule has 60 valence electrons. The van der Waals surface area contributed by atoms with Crippen molar-refractivity contribution in [2.75, 3.05) is 13.1 Å². The van der Waals surface area contributed by atoms with Crippen molar-refractivity contribution >= 4 is 0 Å². The normalized spacial score (nSPS) is 7.45. The smallest absolute Gasteiger partial charge is 0.0576 e. The first-order valence-corrected chi connectivity index (χ1v) is 3.91. The lowest BCUT2D eigenvalue weighted by Gasteiger charge is -1.95. The highest BCUT2D eigenvalue weighted by Crippen LogP contribution is 1.82. The average Bonchev–Trinajstić information content (AvgIpc) is 2.03. The summed E-state index contributed by atoms with van der Waals surface area (Å²) in [6, 6.07) is 0. The number of rotatable bonds is 4. The van der Waals surface area contributed by atoms with Crippen molar-refractivity contribution in [3.05, 3.63) is 0 Å². The van der Waals surface area contributed by atoms with Crippen molar-refractivity contribution in [1.82, 2.24) is 5.32 Å². The fourth-order valence-corrected chi connectivity index (χ4v) is 0.666. The van der Waals surface area contributed by atoms with E-state index in [-0.39, 0.29) is 0 Å². The lowest BCUT2D eigenvalue weighted by atomic mass is 10.3. The van der Waals surface area contributed by atoms with Gasteiger partial charge >= 0.3 is 0 Å². The summed E-state index contributed by atoms with van der Waals surface area (Å²) < 4.78 is 0. The highest BCUT2D eigenvalue weighted by molar-refractivity contribution is 4.97. The molecule has 0 fully saturated rings. The van der Waals surface area contributed by atoms with Crippen molar-refractivity contribution in [2.45, 2.75) is 26.7 Å². The summed E-state index contributed by atoms with van der Waals surface area (Å²) in [4.78, 5) is 0. The Morgan fingerprint density at radius 1 is 1.09 bits per heavy atom. The third-order valence-corrected chi connectivity index (χ3v) is 1.22. The number of nitrogens with one attached hydrogen (secondary N) is 1. The second kappa shape index (κ2) is 9.08. The van der Waals surface area contributed by atoms with E-state index in [1.165, 1.54) is 0 Å². The molecule has 0 rings (SSSR count). The number of hydrogen-bond acceptors (Lipinski definition) is 1. The molecule has 11 heavy (non-hydrogen) atoms. The molecule has 0 aromatic heterocycles. The third kappa shape index (κ3) is 9.08. The van der Waals surface area contributed by atoms with E-state index in [0.717, 1.165) is 25.9 Å². The Kier molecular flexibility index (Phi) is 8.32. The van der Waals surface area contributed by atoms with E-state index < -0.39 is 0 Å². The maximum Gasteiger partial charge on any atom is 0.0576 e. The minimum atomic E-state index is 0.802. The Morgan fingerprint density at radius 2 is 1.82 bits per heavy atom. The van der Waals surface area contributed by atoms with Gasteiger partial charge in [0.25, 0.3) is 0 Å². The van der Waals surface area contributed by atoms with Crippen LogP contribution in [0.4, 0.5) is 0 Å². The van der Waals surface area contributed by atoms with Gasteiger partial charge in [0.2, 0.25) is 0 Å². The van der Waals surface area contributed by atoms with Crippen LogP contribution >= 0.6 is 0 Å². The van der Waals surface area contributed by atoms with Crippen LogP contribution in [-0.4, -0.2) is 13.1 Å². The second-order valence-electron chi connectivity index (χ2n) is 2.13. The molecule has 0 saturated carbocycles. The van der Waals surface area contributed by atoms with Crippen molar-refractivity contribution in [3.63, 3.8) is 0 Å². The monoisotopic (exact) mass is 149 g/mol. The molecular weight excluding hydrogens is 134 g/mol. The topological polar surface area (TPSA) is 12.0 Å². The molecule has 0 heterocycles. The third-order valence-electron chi connectivity index (χ3n) is 1.22. The van der Waals surface area contributed by atoms with Gasteiger partial charge in [0.1, 0.15) is 0 Å². The first-order chi connectivity index (χ1) is 5.41. The van der Waals surface area contributed by atoms with E-state index >= 15 is 0 Å². The van der Waals surface area contributed by atoms with E-state index in [2.05, 4.69) is 29.0 Å². The summed E-state index contributed by atoms with van der Waals surface area (Å²) in [5.74, 6) is 11.6. The molecule has 0 bridgehead atoms. The van der Waals surface area contributed by atoms with Gasteiger partial charge in [-0.05, 0) is 26.8 Å². The molecule has 0 unspecified atom stereocenters. The van der Waals surface area contributed by atoms with Crippen LogP contribution in [0.5, 0.6) is 0 Å². The molecule has 0 aliphatic carbocycles. The predicted octanol–water partition coefficient (Wildman–Crippen LogP) is 1.40. The van der Waals surface area contributed by atoms with E-state index in [0.29, 0.717) is 0 Å². The van der Waals surface area contributed by atoms with Crippen LogP contribution in [0.25, 0.3) is 0 Å². The van der Waals surface area contributed by atoms with E-state index in [4.69, 9.17) is 0 Å². The summed E-state index contributed by atoms with van der Waals surface area (Å²) in [6.07, 6.45) is 2.11. The zero-order valence-electron chi connectivity index (χ0n) is 7.33. The van der Waals surface area contributed by atoms with Crippen molar-refractivity contribution in [3.8, 4) is 23.7 Å². The van der Waals surface area contributed by atoms with Crippen LogP contribution < -0.4 is 5.32 Å². The van der Waals surface area contributed by atoms with E-state index in [9.17, 15) is 0 Å². The van der Waals surface area contributed by atoms with Gasteiger partial charge in [-0.1, -0.05) is 5.92 Å². The molecule has 0 aromatic rings. The Labute approximate surface area is 69.6 Å². The Balaban J connectivity index is 2.98. The molecule has 0 amide bonds. The highest BCUT2D eigenvalue weighted by Gasteiger charge is 1.81. The van der Waals surface area contributed by atoms with Gasteiger partial charge in [-0.2, -0.15) is 0 Å². The van der Waals surface area contributed by atoms with Gasteiger partial charge in [0, 0.05) is 6.42 Å². The first-order valence-electron chi connectivity index (χ1n) is 3.91. The van der Waals surface area contributed by atoms with Crippen LogP contribution in [-0.2, 0) is 0 Å². The summed E-state index contributed by atoms with van der Waals surface area (Å²) in [7, 11) is 0.